The summed E-state index contributed by atoms with van der Waals surface area (Å²) in [6, 6.07) is 8.03. The Morgan fingerprint density at radius 2 is 1.83 bits per heavy atom. The second kappa shape index (κ2) is 8.49. The first kappa shape index (κ1) is 18.7. The molecule has 0 radical (unpaired) electrons. The van der Waals surface area contributed by atoms with Crippen LogP contribution >= 0.6 is 0 Å². The molecular formula is C19H30N2O3. The van der Waals surface area contributed by atoms with Gasteiger partial charge in [-0.05, 0) is 30.4 Å². The van der Waals surface area contributed by atoms with Crippen molar-refractivity contribution < 1.29 is 14.6 Å². The van der Waals surface area contributed by atoms with E-state index in [4.69, 9.17) is 4.74 Å². The molecule has 1 fully saturated rings. The number of amides is 2. The first-order valence-corrected chi connectivity index (χ1v) is 8.81. The summed E-state index contributed by atoms with van der Waals surface area (Å²) in [5.41, 5.74) is 1.53. The standard InChI is InChI=1S/C19H30N2O3/c1-14(2)12-16-4-6-17(7-5-16)15(3)21-18(22)20-13-19(23)8-10-24-11-9-19/h4-7,14-15,23H,8-13H2,1-3H3,(H2,20,21,22). The topological polar surface area (TPSA) is 70.6 Å². The molecule has 0 aliphatic carbocycles. The molecule has 1 aliphatic rings. The van der Waals surface area contributed by atoms with Gasteiger partial charge < -0.3 is 20.5 Å². The van der Waals surface area contributed by atoms with E-state index in [1.807, 2.05) is 6.92 Å². The Hall–Kier alpha value is -1.59. The summed E-state index contributed by atoms with van der Waals surface area (Å²) in [7, 11) is 0. The number of rotatable bonds is 6. The van der Waals surface area contributed by atoms with Crippen LogP contribution in [0, 0.1) is 5.92 Å². The number of carbonyl (C=O) groups excluding carboxylic acids is 1. The van der Waals surface area contributed by atoms with Gasteiger partial charge in [-0.25, -0.2) is 4.79 Å². The summed E-state index contributed by atoms with van der Waals surface area (Å²) >= 11 is 0. The molecular weight excluding hydrogens is 304 g/mol. The van der Waals surface area contributed by atoms with Gasteiger partial charge in [-0.2, -0.15) is 0 Å². The van der Waals surface area contributed by atoms with Gasteiger partial charge in [0, 0.05) is 32.6 Å². The smallest absolute Gasteiger partial charge is 0.315 e. The van der Waals surface area contributed by atoms with Crippen molar-refractivity contribution in [1.82, 2.24) is 10.6 Å². The van der Waals surface area contributed by atoms with Gasteiger partial charge >= 0.3 is 6.03 Å². The lowest BCUT2D eigenvalue weighted by atomic mass is 9.94. The number of benzene rings is 1. The molecule has 2 rings (SSSR count). The fourth-order valence-corrected chi connectivity index (χ4v) is 2.92. The largest absolute Gasteiger partial charge is 0.388 e. The minimum absolute atomic E-state index is 0.0811. The van der Waals surface area contributed by atoms with Crippen molar-refractivity contribution >= 4 is 6.03 Å². The molecule has 1 atom stereocenters. The van der Waals surface area contributed by atoms with Gasteiger partial charge in [0.2, 0.25) is 0 Å². The van der Waals surface area contributed by atoms with Crippen molar-refractivity contribution in [2.75, 3.05) is 19.8 Å². The zero-order chi connectivity index (χ0) is 17.6. The summed E-state index contributed by atoms with van der Waals surface area (Å²) < 4.78 is 5.24. The quantitative estimate of drug-likeness (QED) is 0.749. The predicted octanol–water partition coefficient (Wildman–Crippen LogP) is 2.79. The molecule has 0 aromatic heterocycles. The number of ether oxygens (including phenoxy) is 1. The highest BCUT2D eigenvalue weighted by Crippen LogP contribution is 2.19. The Balaban J connectivity index is 1.80. The molecule has 1 aliphatic heterocycles. The fourth-order valence-electron chi connectivity index (χ4n) is 2.92. The Morgan fingerprint density at radius 1 is 1.21 bits per heavy atom. The van der Waals surface area contributed by atoms with E-state index in [-0.39, 0.29) is 18.6 Å². The molecule has 0 bridgehead atoms. The third-order valence-electron chi connectivity index (χ3n) is 4.47. The van der Waals surface area contributed by atoms with E-state index in [0.29, 0.717) is 32.0 Å². The van der Waals surface area contributed by atoms with Crippen molar-refractivity contribution in [3.63, 3.8) is 0 Å². The molecule has 1 aromatic carbocycles. The van der Waals surface area contributed by atoms with Crippen LogP contribution in [0.3, 0.4) is 0 Å². The molecule has 134 valence electrons. The minimum atomic E-state index is -0.850. The first-order valence-electron chi connectivity index (χ1n) is 8.81. The minimum Gasteiger partial charge on any atom is -0.388 e. The van der Waals surface area contributed by atoms with Crippen molar-refractivity contribution in [2.45, 2.75) is 51.7 Å². The third-order valence-corrected chi connectivity index (χ3v) is 4.47. The molecule has 1 aromatic rings. The van der Waals surface area contributed by atoms with Crippen molar-refractivity contribution in [3.8, 4) is 0 Å². The SMILES string of the molecule is CC(C)Cc1ccc(C(C)NC(=O)NCC2(O)CCOCC2)cc1. The van der Waals surface area contributed by atoms with Gasteiger partial charge in [0.15, 0.2) is 0 Å². The van der Waals surface area contributed by atoms with Gasteiger partial charge in [-0.15, -0.1) is 0 Å². The van der Waals surface area contributed by atoms with Gasteiger partial charge in [-0.3, -0.25) is 0 Å². The number of aliphatic hydroxyl groups is 1. The van der Waals surface area contributed by atoms with Gasteiger partial charge in [-0.1, -0.05) is 38.1 Å². The lowest BCUT2D eigenvalue weighted by molar-refractivity contribution is -0.0600. The summed E-state index contributed by atoms with van der Waals surface area (Å²) in [4.78, 5) is 12.1. The fraction of sp³-hybridized carbons (Fsp3) is 0.632. The van der Waals surface area contributed by atoms with Gasteiger partial charge in [0.05, 0.1) is 11.6 Å². The Kier molecular flexibility index (Phi) is 6.63. The van der Waals surface area contributed by atoms with Crippen LogP contribution in [0.25, 0.3) is 0 Å². The summed E-state index contributed by atoms with van der Waals surface area (Å²) in [6.07, 6.45) is 2.17. The monoisotopic (exact) mass is 334 g/mol. The number of hydrogen-bond donors (Lipinski definition) is 3. The number of hydrogen-bond acceptors (Lipinski definition) is 3. The van der Waals surface area contributed by atoms with Crippen LogP contribution in [-0.4, -0.2) is 36.5 Å². The first-order chi connectivity index (χ1) is 11.4. The molecule has 1 unspecified atom stereocenters. The van der Waals surface area contributed by atoms with Crippen LogP contribution in [-0.2, 0) is 11.2 Å². The molecule has 1 heterocycles. The van der Waals surface area contributed by atoms with E-state index in [1.54, 1.807) is 0 Å². The zero-order valence-electron chi connectivity index (χ0n) is 15.0. The lowest BCUT2D eigenvalue weighted by Crippen LogP contribution is -2.49. The highest BCUT2D eigenvalue weighted by Gasteiger charge is 2.30. The molecule has 0 saturated carbocycles. The third kappa shape index (κ3) is 5.80. The second-order valence-electron chi connectivity index (χ2n) is 7.22. The average molecular weight is 334 g/mol. The maximum Gasteiger partial charge on any atom is 0.315 e. The van der Waals surface area contributed by atoms with Crippen LogP contribution in [0.5, 0.6) is 0 Å². The predicted molar refractivity (Wildman–Crippen MR) is 94.9 cm³/mol. The van der Waals surface area contributed by atoms with Crippen LogP contribution in [0.2, 0.25) is 0 Å². The maximum atomic E-state index is 12.1. The number of nitrogens with one attached hydrogen (secondary N) is 2. The maximum absolute atomic E-state index is 12.1. The molecule has 5 nitrogen and oxygen atoms in total. The Labute approximate surface area is 144 Å². The van der Waals surface area contributed by atoms with E-state index < -0.39 is 5.60 Å². The van der Waals surface area contributed by atoms with Crippen molar-refractivity contribution in [1.29, 1.82) is 0 Å². The van der Waals surface area contributed by atoms with Crippen LogP contribution in [0.1, 0.15) is 50.8 Å². The molecule has 3 N–H and O–H groups in total. The Morgan fingerprint density at radius 3 is 2.42 bits per heavy atom. The van der Waals surface area contributed by atoms with E-state index in [9.17, 15) is 9.90 Å². The highest BCUT2D eigenvalue weighted by atomic mass is 16.5. The second-order valence-corrected chi connectivity index (χ2v) is 7.22. The van der Waals surface area contributed by atoms with Crippen LogP contribution in [0.4, 0.5) is 4.79 Å². The molecule has 24 heavy (non-hydrogen) atoms. The molecule has 2 amide bonds. The van der Waals surface area contributed by atoms with Crippen LogP contribution in [0.15, 0.2) is 24.3 Å². The highest BCUT2D eigenvalue weighted by molar-refractivity contribution is 5.74. The molecule has 1 saturated heterocycles. The van der Waals surface area contributed by atoms with E-state index in [2.05, 4.69) is 48.7 Å². The summed E-state index contributed by atoms with van der Waals surface area (Å²) in [6.45, 7) is 7.70. The average Bonchev–Trinajstić information content (AvgIpc) is 2.54. The molecule has 0 spiro atoms. The van der Waals surface area contributed by atoms with Gasteiger partial charge in [0.25, 0.3) is 0 Å². The number of urea groups is 1. The zero-order valence-corrected chi connectivity index (χ0v) is 15.0. The van der Waals surface area contributed by atoms with Crippen molar-refractivity contribution in [2.24, 2.45) is 5.92 Å². The van der Waals surface area contributed by atoms with E-state index in [0.717, 1.165) is 12.0 Å². The van der Waals surface area contributed by atoms with E-state index in [1.165, 1.54) is 5.56 Å². The van der Waals surface area contributed by atoms with Crippen molar-refractivity contribution in [3.05, 3.63) is 35.4 Å². The van der Waals surface area contributed by atoms with Crippen LogP contribution < -0.4 is 10.6 Å². The lowest BCUT2D eigenvalue weighted by Gasteiger charge is -2.32. The van der Waals surface area contributed by atoms with Gasteiger partial charge in [0.1, 0.15) is 0 Å². The normalized spacial score (nSPS) is 18.2. The van der Waals surface area contributed by atoms with E-state index >= 15 is 0 Å². The molecule has 5 heteroatoms. The number of carbonyl (C=O) groups is 1. The summed E-state index contributed by atoms with van der Waals surface area (Å²) in [5.74, 6) is 0.633. The Bertz CT molecular complexity index is 522. The summed E-state index contributed by atoms with van der Waals surface area (Å²) in [5, 5.41) is 16.0.